The summed E-state index contributed by atoms with van der Waals surface area (Å²) in [6.45, 7) is 8.86. The SMILES string of the molecule is CC(C)CN(Cc1ccc2c(c1)OCCO2)C(=O)C1CN(Cc2ccc(F)cc2)CCO1. The number of ether oxygens (including phenoxy) is 3. The van der Waals surface area contributed by atoms with Crippen LogP contribution >= 0.6 is 0 Å². The molecule has 6 nitrogen and oxygen atoms in total. The second-order valence-electron chi connectivity index (χ2n) is 8.81. The van der Waals surface area contributed by atoms with Crippen LogP contribution in [0, 0.1) is 11.7 Å². The quantitative estimate of drug-likeness (QED) is 0.657. The van der Waals surface area contributed by atoms with Crippen LogP contribution in [0.5, 0.6) is 11.5 Å². The number of amides is 1. The second-order valence-corrected chi connectivity index (χ2v) is 8.81. The summed E-state index contributed by atoms with van der Waals surface area (Å²) in [5.41, 5.74) is 2.03. The zero-order chi connectivity index (χ0) is 22.5. The van der Waals surface area contributed by atoms with E-state index in [1.165, 1.54) is 12.1 Å². The Morgan fingerprint density at radius 3 is 2.53 bits per heavy atom. The molecule has 2 aliphatic heterocycles. The van der Waals surface area contributed by atoms with Gasteiger partial charge < -0.3 is 19.1 Å². The van der Waals surface area contributed by atoms with Crippen molar-refractivity contribution in [1.29, 1.82) is 0 Å². The number of morpholine rings is 1. The Bertz CT molecular complexity index is 919. The molecule has 172 valence electrons. The molecular formula is C25H31FN2O4. The molecule has 2 aromatic rings. The Hall–Kier alpha value is -2.64. The maximum absolute atomic E-state index is 13.4. The number of benzene rings is 2. The number of carbonyl (C=O) groups is 1. The molecule has 0 radical (unpaired) electrons. The topological polar surface area (TPSA) is 51.2 Å². The van der Waals surface area contributed by atoms with Gasteiger partial charge >= 0.3 is 0 Å². The lowest BCUT2D eigenvalue weighted by Gasteiger charge is -2.35. The van der Waals surface area contributed by atoms with Crippen LogP contribution in [0.3, 0.4) is 0 Å². The number of fused-ring (bicyclic) bond motifs is 1. The molecule has 0 spiro atoms. The molecule has 1 amide bonds. The molecule has 7 heteroatoms. The maximum atomic E-state index is 13.4. The molecule has 2 aromatic carbocycles. The minimum absolute atomic E-state index is 0.00241. The van der Waals surface area contributed by atoms with Gasteiger partial charge in [0, 0.05) is 32.7 Å². The van der Waals surface area contributed by atoms with Gasteiger partial charge in [-0.05, 0) is 41.3 Å². The molecule has 2 aliphatic rings. The molecular weight excluding hydrogens is 411 g/mol. The molecule has 0 bridgehead atoms. The fourth-order valence-electron chi connectivity index (χ4n) is 4.13. The van der Waals surface area contributed by atoms with Gasteiger partial charge in [0.2, 0.25) is 0 Å². The Balaban J connectivity index is 1.43. The summed E-state index contributed by atoms with van der Waals surface area (Å²) in [6.07, 6.45) is -0.514. The van der Waals surface area contributed by atoms with Gasteiger partial charge in [-0.25, -0.2) is 4.39 Å². The average molecular weight is 443 g/mol. The predicted octanol–water partition coefficient (Wildman–Crippen LogP) is 3.48. The molecule has 2 heterocycles. The van der Waals surface area contributed by atoms with Gasteiger partial charge in [0.05, 0.1) is 6.61 Å². The van der Waals surface area contributed by atoms with Crippen LogP contribution in [0.2, 0.25) is 0 Å². The third-order valence-corrected chi connectivity index (χ3v) is 5.62. The minimum atomic E-state index is -0.514. The van der Waals surface area contributed by atoms with E-state index >= 15 is 0 Å². The summed E-state index contributed by atoms with van der Waals surface area (Å²) in [4.78, 5) is 17.5. The number of nitrogens with zero attached hydrogens (tertiary/aromatic N) is 2. The first-order chi connectivity index (χ1) is 15.5. The fraction of sp³-hybridized carbons (Fsp3) is 0.480. The van der Waals surface area contributed by atoms with Crippen molar-refractivity contribution in [2.24, 2.45) is 5.92 Å². The summed E-state index contributed by atoms with van der Waals surface area (Å²) in [5, 5.41) is 0. The normalized spacial score (nSPS) is 18.6. The molecule has 0 N–H and O–H groups in total. The zero-order valence-corrected chi connectivity index (χ0v) is 18.8. The van der Waals surface area contributed by atoms with Crippen molar-refractivity contribution in [1.82, 2.24) is 9.80 Å². The number of halogens is 1. The van der Waals surface area contributed by atoms with E-state index < -0.39 is 6.10 Å². The van der Waals surface area contributed by atoms with Crippen LogP contribution in [-0.2, 0) is 22.6 Å². The van der Waals surface area contributed by atoms with E-state index in [0.717, 1.165) is 29.2 Å². The molecule has 1 fully saturated rings. The van der Waals surface area contributed by atoms with Crippen molar-refractivity contribution < 1.29 is 23.4 Å². The number of hydrogen-bond acceptors (Lipinski definition) is 5. The van der Waals surface area contributed by atoms with Crippen molar-refractivity contribution in [3.63, 3.8) is 0 Å². The fourth-order valence-corrected chi connectivity index (χ4v) is 4.13. The monoisotopic (exact) mass is 442 g/mol. The van der Waals surface area contributed by atoms with Gasteiger partial charge in [-0.3, -0.25) is 9.69 Å². The smallest absolute Gasteiger partial charge is 0.253 e. The highest BCUT2D eigenvalue weighted by Crippen LogP contribution is 2.31. The van der Waals surface area contributed by atoms with E-state index in [9.17, 15) is 9.18 Å². The lowest BCUT2D eigenvalue weighted by Crippen LogP contribution is -2.51. The lowest BCUT2D eigenvalue weighted by atomic mass is 10.1. The van der Waals surface area contributed by atoms with Crippen LogP contribution < -0.4 is 9.47 Å². The van der Waals surface area contributed by atoms with Crippen LogP contribution in [0.15, 0.2) is 42.5 Å². The van der Waals surface area contributed by atoms with E-state index in [4.69, 9.17) is 14.2 Å². The van der Waals surface area contributed by atoms with E-state index in [2.05, 4.69) is 18.7 Å². The summed E-state index contributed by atoms with van der Waals surface area (Å²) < 4.78 is 30.4. The van der Waals surface area contributed by atoms with E-state index in [1.807, 2.05) is 23.1 Å². The Labute approximate surface area is 188 Å². The van der Waals surface area contributed by atoms with Gasteiger partial charge in [-0.15, -0.1) is 0 Å². The summed E-state index contributed by atoms with van der Waals surface area (Å²) in [6, 6.07) is 12.4. The van der Waals surface area contributed by atoms with Crippen LogP contribution in [0.4, 0.5) is 4.39 Å². The maximum Gasteiger partial charge on any atom is 0.253 e. The summed E-state index contributed by atoms with van der Waals surface area (Å²) in [7, 11) is 0. The van der Waals surface area contributed by atoms with E-state index in [0.29, 0.717) is 51.9 Å². The first-order valence-corrected chi connectivity index (χ1v) is 11.2. The minimum Gasteiger partial charge on any atom is -0.486 e. The number of rotatable bonds is 7. The largest absolute Gasteiger partial charge is 0.486 e. The first-order valence-electron chi connectivity index (χ1n) is 11.2. The van der Waals surface area contributed by atoms with Gasteiger partial charge in [0.25, 0.3) is 5.91 Å². The van der Waals surface area contributed by atoms with Gasteiger partial charge in [0.15, 0.2) is 11.5 Å². The Kier molecular flexibility index (Phi) is 7.27. The third kappa shape index (κ3) is 5.78. The van der Waals surface area contributed by atoms with Crippen molar-refractivity contribution >= 4 is 5.91 Å². The van der Waals surface area contributed by atoms with Crippen molar-refractivity contribution in [2.75, 3.05) is 39.5 Å². The van der Waals surface area contributed by atoms with E-state index in [-0.39, 0.29) is 11.7 Å². The first kappa shape index (κ1) is 22.6. The third-order valence-electron chi connectivity index (χ3n) is 5.62. The Morgan fingerprint density at radius 1 is 1.06 bits per heavy atom. The lowest BCUT2D eigenvalue weighted by molar-refractivity contribution is -0.151. The van der Waals surface area contributed by atoms with Crippen LogP contribution in [0.25, 0.3) is 0 Å². The highest BCUT2D eigenvalue weighted by Gasteiger charge is 2.31. The zero-order valence-electron chi connectivity index (χ0n) is 18.8. The molecule has 0 aliphatic carbocycles. The number of hydrogen-bond donors (Lipinski definition) is 0. The number of carbonyl (C=O) groups excluding carboxylic acids is 1. The molecule has 32 heavy (non-hydrogen) atoms. The van der Waals surface area contributed by atoms with Crippen LogP contribution in [0.1, 0.15) is 25.0 Å². The van der Waals surface area contributed by atoms with Gasteiger partial charge in [0.1, 0.15) is 25.1 Å². The van der Waals surface area contributed by atoms with Crippen molar-refractivity contribution in [3.05, 3.63) is 59.4 Å². The Morgan fingerprint density at radius 2 is 1.78 bits per heavy atom. The van der Waals surface area contributed by atoms with Crippen LogP contribution in [-0.4, -0.2) is 61.3 Å². The average Bonchev–Trinajstić information content (AvgIpc) is 2.79. The molecule has 1 saturated heterocycles. The standard InChI is InChI=1S/C25H31FN2O4/c1-18(2)14-28(16-20-5-8-22-23(13-20)32-12-11-31-22)25(29)24-17-27(9-10-30-24)15-19-3-6-21(26)7-4-19/h3-8,13,18,24H,9-12,14-17H2,1-2H3. The van der Waals surface area contributed by atoms with Crippen molar-refractivity contribution in [2.45, 2.75) is 33.0 Å². The van der Waals surface area contributed by atoms with E-state index in [1.54, 1.807) is 12.1 Å². The predicted molar refractivity (Wildman–Crippen MR) is 119 cm³/mol. The van der Waals surface area contributed by atoms with Gasteiger partial charge in [-0.1, -0.05) is 32.0 Å². The molecule has 1 unspecified atom stereocenters. The highest BCUT2D eigenvalue weighted by molar-refractivity contribution is 5.81. The second kappa shape index (κ2) is 10.3. The molecule has 0 saturated carbocycles. The molecule has 4 rings (SSSR count). The summed E-state index contributed by atoms with van der Waals surface area (Å²) in [5.74, 6) is 1.55. The molecule has 0 aromatic heterocycles. The summed E-state index contributed by atoms with van der Waals surface area (Å²) >= 11 is 0. The molecule has 1 atom stereocenters. The highest BCUT2D eigenvalue weighted by atomic mass is 19.1. The van der Waals surface area contributed by atoms with Crippen molar-refractivity contribution in [3.8, 4) is 11.5 Å². The van der Waals surface area contributed by atoms with Gasteiger partial charge in [-0.2, -0.15) is 0 Å².